The van der Waals surface area contributed by atoms with E-state index in [-0.39, 0.29) is 33.0 Å². The van der Waals surface area contributed by atoms with Crippen LogP contribution in [0.15, 0.2) is 42.5 Å². The fourth-order valence-electron chi connectivity index (χ4n) is 1.74. The van der Waals surface area contributed by atoms with E-state index in [1.165, 1.54) is 0 Å². The third-order valence-corrected chi connectivity index (χ3v) is 4.40. The fraction of sp³-hybridized carbons (Fsp3) is 0.133. The molecule has 0 aliphatic heterocycles. The first-order chi connectivity index (χ1) is 9.11. The average Bonchev–Trinajstić information content (AvgIpc) is 2.41. The topological polar surface area (TPSA) is 26.3 Å². The van der Waals surface area contributed by atoms with Crippen LogP contribution >= 0.6 is 20.2 Å². The summed E-state index contributed by atoms with van der Waals surface area (Å²) in [4.78, 5) is 12.3. The Kier molecular flexibility index (Phi) is 6.79. The van der Waals surface area contributed by atoms with E-state index in [1.54, 1.807) is 19.2 Å². The molecule has 2 rings (SSSR count). The van der Waals surface area contributed by atoms with Gasteiger partial charge in [0.1, 0.15) is 5.75 Å². The first kappa shape index (κ1) is 17.3. The first-order valence-corrected chi connectivity index (χ1v) is 7.20. The second-order valence-electron chi connectivity index (χ2n) is 4.14. The molecule has 5 heteroatoms. The van der Waals surface area contributed by atoms with E-state index >= 15 is 0 Å². The molecule has 0 radical (unpaired) electrons. The SMILES string of the molecule is COc1ccccc1C(=O)Pc1ccc(C)cc1Cl.[LiH]. The molecule has 0 saturated heterocycles. The molecule has 0 aromatic heterocycles. The maximum absolute atomic E-state index is 12.3. The van der Waals surface area contributed by atoms with E-state index in [2.05, 4.69) is 0 Å². The molecule has 20 heavy (non-hydrogen) atoms. The predicted molar refractivity (Wildman–Crippen MR) is 88.6 cm³/mol. The molecule has 0 bridgehead atoms. The molecule has 0 aliphatic rings. The Morgan fingerprint density at radius 2 is 1.90 bits per heavy atom. The summed E-state index contributed by atoms with van der Waals surface area (Å²) in [6, 6.07) is 13.0. The van der Waals surface area contributed by atoms with Crippen molar-refractivity contribution in [1.82, 2.24) is 0 Å². The van der Waals surface area contributed by atoms with Gasteiger partial charge in [-0.2, -0.15) is 0 Å². The average molecular weight is 301 g/mol. The number of ether oxygens (including phenoxy) is 1. The number of carbonyl (C=O) groups is 1. The number of para-hydroxylation sites is 1. The normalized spacial score (nSPS) is 10.3. The van der Waals surface area contributed by atoms with E-state index in [0.717, 1.165) is 10.9 Å². The zero-order valence-electron chi connectivity index (χ0n) is 10.7. The van der Waals surface area contributed by atoms with Crippen LogP contribution in [-0.2, 0) is 0 Å². The molecule has 100 valence electrons. The van der Waals surface area contributed by atoms with Gasteiger partial charge in [-0.15, -0.1) is 0 Å². The number of aryl methyl sites for hydroxylation is 1. The van der Waals surface area contributed by atoms with Gasteiger partial charge in [-0.05, 0) is 44.6 Å². The van der Waals surface area contributed by atoms with E-state index in [9.17, 15) is 4.79 Å². The van der Waals surface area contributed by atoms with Gasteiger partial charge in [0.25, 0.3) is 0 Å². The Morgan fingerprint density at radius 1 is 1.20 bits per heavy atom. The van der Waals surface area contributed by atoms with Crippen molar-refractivity contribution >= 4 is 49.9 Å². The van der Waals surface area contributed by atoms with E-state index in [4.69, 9.17) is 16.3 Å². The van der Waals surface area contributed by atoms with Crippen LogP contribution in [0.1, 0.15) is 15.9 Å². The number of hydrogen-bond acceptors (Lipinski definition) is 2. The van der Waals surface area contributed by atoms with Crippen LogP contribution in [0.3, 0.4) is 0 Å². The van der Waals surface area contributed by atoms with Crippen molar-refractivity contribution in [3.05, 3.63) is 58.6 Å². The summed E-state index contributed by atoms with van der Waals surface area (Å²) in [6.45, 7) is 1.97. The number of methoxy groups -OCH3 is 1. The summed E-state index contributed by atoms with van der Waals surface area (Å²) in [5, 5.41) is 1.50. The first-order valence-electron chi connectivity index (χ1n) is 5.82. The Hall–Kier alpha value is -0.773. The van der Waals surface area contributed by atoms with Crippen LogP contribution in [-0.4, -0.2) is 31.5 Å². The Morgan fingerprint density at radius 3 is 2.55 bits per heavy atom. The molecule has 0 N–H and O–H groups in total. The number of rotatable bonds is 4. The van der Waals surface area contributed by atoms with E-state index in [0.29, 0.717) is 16.3 Å². The van der Waals surface area contributed by atoms with Crippen molar-refractivity contribution in [2.75, 3.05) is 7.11 Å². The predicted octanol–water partition coefficient (Wildman–Crippen LogP) is 3.15. The van der Waals surface area contributed by atoms with Gasteiger partial charge in [0.05, 0.1) is 12.7 Å². The summed E-state index contributed by atoms with van der Waals surface area (Å²) in [5.41, 5.74) is 1.71. The summed E-state index contributed by atoms with van der Waals surface area (Å²) < 4.78 is 5.20. The molecule has 0 heterocycles. The van der Waals surface area contributed by atoms with Gasteiger partial charge in [-0.1, -0.05) is 35.9 Å². The molecule has 1 unspecified atom stereocenters. The van der Waals surface area contributed by atoms with Gasteiger partial charge < -0.3 is 4.74 Å². The summed E-state index contributed by atoms with van der Waals surface area (Å²) >= 11 is 6.16. The molecule has 1 atom stereocenters. The van der Waals surface area contributed by atoms with Crippen LogP contribution in [0.5, 0.6) is 5.75 Å². The molecule has 2 nitrogen and oxygen atoms in total. The number of benzene rings is 2. The minimum absolute atomic E-state index is 0. The van der Waals surface area contributed by atoms with Crippen LogP contribution in [0.2, 0.25) is 5.02 Å². The maximum atomic E-state index is 12.3. The van der Waals surface area contributed by atoms with Crippen molar-refractivity contribution in [1.29, 1.82) is 0 Å². The van der Waals surface area contributed by atoms with Crippen LogP contribution in [0, 0.1) is 6.92 Å². The van der Waals surface area contributed by atoms with Gasteiger partial charge in [0, 0.05) is 5.02 Å². The summed E-state index contributed by atoms with van der Waals surface area (Å²) in [6.07, 6.45) is 0. The Balaban J connectivity index is 0.00000200. The van der Waals surface area contributed by atoms with Gasteiger partial charge >= 0.3 is 18.9 Å². The van der Waals surface area contributed by atoms with Gasteiger partial charge in [0.15, 0.2) is 5.52 Å². The van der Waals surface area contributed by atoms with E-state index < -0.39 is 0 Å². The molecule has 2 aromatic carbocycles. The van der Waals surface area contributed by atoms with Crippen molar-refractivity contribution in [3.63, 3.8) is 0 Å². The number of carbonyl (C=O) groups excluding carboxylic acids is 1. The van der Waals surface area contributed by atoms with Crippen LogP contribution < -0.4 is 10.0 Å². The third-order valence-electron chi connectivity index (χ3n) is 2.72. The third kappa shape index (κ3) is 4.11. The summed E-state index contributed by atoms with van der Waals surface area (Å²) in [5.74, 6) is 0.600. The molecule has 0 fully saturated rings. The minimum atomic E-state index is -0.000540. The second kappa shape index (κ2) is 7.86. The van der Waals surface area contributed by atoms with Crippen molar-refractivity contribution in [3.8, 4) is 5.75 Å². The monoisotopic (exact) mass is 300 g/mol. The van der Waals surface area contributed by atoms with Crippen LogP contribution in [0.4, 0.5) is 0 Å². The van der Waals surface area contributed by atoms with E-state index in [1.807, 2.05) is 37.3 Å². The summed E-state index contributed by atoms with van der Waals surface area (Å²) in [7, 11) is 1.56. The number of halogens is 1. The molecule has 0 spiro atoms. The molecular formula is C15H15ClLiO2P. The van der Waals surface area contributed by atoms with Gasteiger partial charge in [0.2, 0.25) is 0 Å². The zero-order chi connectivity index (χ0) is 13.8. The van der Waals surface area contributed by atoms with Crippen molar-refractivity contribution in [2.45, 2.75) is 6.92 Å². The Labute approximate surface area is 137 Å². The number of hydrogen-bond donors (Lipinski definition) is 0. The molecule has 0 amide bonds. The standard InChI is InChI=1S/C15H14ClO2P.Li.H/c1-10-7-8-14(12(16)9-10)19-15(17)11-5-3-4-6-13(11)18-2;;/h3-9,19H,1-2H3;;. The molecule has 0 aliphatic carbocycles. The molecule has 0 saturated carbocycles. The van der Waals surface area contributed by atoms with Crippen molar-refractivity contribution in [2.24, 2.45) is 0 Å². The van der Waals surface area contributed by atoms with Crippen LogP contribution in [0.25, 0.3) is 0 Å². The quantitative estimate of drug-likeness (QED) is 0.640. The zero-order valence-corrected chi connectivity index (χ0v) is 12.5. The molecular weight excluding hydrogens is 286 g/mol. The van der Waals surface area contributed by atoms with Crippen molar-refractivity contribution < 1.29 is 9.53 Å². The van der Waals surface area contributed by atoms with Gasteiger partial charge in [-0.25, -0.2) is 0 Å². The molecule has 2 aromatic rings. The van der Waals surface area contributed by atoms with Gasteiger partial charge in [-0.3, -0.25) is 4.79 Å². The second-order valence-corrected chi connectivity index (χ2v) is 5.79. The Bertz CT molecular complexity index is 617. The fourth-order valence-corrected chi connectivity index (χ4v) is 3.06.